The zero-order chi connectivity index (χ0) is 19.4. The zero-order valence-corrected chi connectivity index (χ0v) is 16.2. The first kappa shape index (κ1) is 19.0. The van der Waals surface area contributed by atoms with Gasteiger partial charge in [-0.1, -0.05) is 0 Å². The number of amides is 2. The average molecular weight is 365 g/mol. The average Bonchev–Trinajstić information content (AvgIpc) is 3.16. The molecule has 27 heavy (non-hydrogen) atoms. The highest BCUT2D eigenvalue weighted by Crippen LogP contribution is 2.22. The topological polar surface area (TPSA) is 61.4 Å². The Morgan fingerprint density at radius 1 is 0.815 bits per heavy atom. The van der Waals surface area contributed by atoms with Crippen LogP contribution < -0.4 is 15.5 Å². The molecule has 2 aromatic rings. The Morgan fingerprint density at radius 2 is 1.33 bits per heavy atom. The summed E-state index contributed by atoms with van der Waals surface area (Å²) in [6.45, 7) is 7.99. The van der Waals surface area contributed by atoms with Crippen LogP contribution in [0, 0.1) is 0 Å². The van der Waals surface area contributed by atoms with Crippen molar-refractivity contribution < 1.29 is 9.59 Å². The summed E-state index contributed by atoms with van der Waals surface area (Å²) in [7, 11) is 0. The molecule has 1 aliphatic heterocycles. The molecule has 0 saturated carbocycles. The van der Waals surface area contributed by atoms with Crippen LogP contribution in [-0.2, 0) is 0 Å². The van der Waals surface area contributed by atoms with Crippen LogP contribution in [0.4, 0.5) is 11.4 Å². The SMILES string of the molecule is CC(C)(C)NC(=O)c1ccc(C(=O)Nc2ccc(N3CCCC3)cc2)cc1. The molecule has 142 valence electrons. The summed E-state index contributed by atoms with van der Waals surface area (Å²) >= 11 is 0. The molecule has 0 aliphatic carbocycles. The molecule has 1 fully saturated rings. The van der Waals surface area contributed by atoms with E-state index < -0.39 is 0 Å². The number of benzene rings is 2. The van der Waals surface area contributed by atoms with E-state index in [4.69, 9.17) is 0 Å². The molecule has 1 heterocycles. The van der Waals surface area contributed by atoms with E-state index in [0.29, 0.717) is 11.1 Å². The Hall–Kier alpha value is -2.82. The van der Waals surface area contributed by atoms with Gasteiger partial charge in [-0.25, -0.2) is 0 Å². The van der Waals surface area contributed by atoms with Crippen LogP contribution >= 0.6 is 0 Å². The highest BCUT2D eigenvalue weighted by molar-refractivity contribution is 6.05. The molecule has 5 heteroatoms. The lowest BCUT2D eigenvalue weighted by atomic mass is 10.1. The molecule has 0 radical (unpaired) electrons. The van der Waals surface area contributed by atoms with Crippen LogP contribution in [0.5, 0.6) is 0 Å². The second kappa shape index (κ2) is 7.82. The number of hydrogen-bond acceptors (Lipinski definition) is 3. The van der Waals surface area contributed by atoms with Crippen molar-refractivity contribution in [2.24, 2.45) is 0 Å². The number of hydrogen-bond donors (Lipinski definition) is 2. The van der Waals surface area contributed by atoms with Gasteiger partial charge in [0.05, 0.1) is 0 Å². The quantitative estimate of drug-likeness (QED) is 0.859. The second-order valence-corrected chi connectivity index (χ2v) is 7.98. The predicted molar refractivity (Wildman–Crippen MR) is 110 cm³/mol. The third-order valence-electron chi connectivity index (χ3n) is 4.49. The lowest BCUT2D eigenvalue weighted by molar-refractivity contribution is 0.0918. The van der Waals surface area contributed by atoms with Crippen LogP contribution in [-0.4, -0.2) is 30.4 Å². The first-order valence-corrected chi connectivity index (χ1v) is 9.41. The Kier molecular flexibility index (Phi) is 5.49. The summed E-state index contributed by atoms with van der Waals surface area (Å²) in [5.41, 5.74) is 2.72. The van der Waals surface area contributed by atoms with Gasteiger partial charge in [-0.15, -0.1) is 0 Å². The number of carbonyl (C=O) groups is 2. The maximum absolute atomic E-state index is 12.4. The third-order valence-corrected chi connectivity index (χ3v) is 4.49. The van der Waals surface area contributed by atoms with Gasteiger partial charge >= 0.3 is 0 Å². The summed E-state index contributed by atoms with van der Waals surface area (Å²) < 4.78 is 0. The van der Waals surface area contributed by atoms with Crippen LogP contribution in [0.3, 0.4) is 0 Å². The molecule has 1 aliphatic rings. The Bertz CT molecular complexity index is 799. The molecule has 0 spiro atoms. The van der Waals surface area contributed by atoms with Crippen molar-refractivity contribution in [1.82, 2.24) is 5.32 Å². The van der Waals surface area contributed by atoms with Gasteiger partial charge in [0, 0.05) is 41.1 Å². The van der Waals surface area contributed by atoms with E-state index in [2.05, 4.69) is 15.5 Å². The second-order valence-electron chi connectivity index (χ2n) is 7.98. The smallest absolute Gasteiger partial charge is 0.255 e. The van der Waals surface area contributed by atoms with Crippen LogP contribution in [0.25, 0.3) is 0 Å². The van der Waals surface area contributed by atoms with E-state index in [-0.39, 0.29) is 17.4 Å². The van der Waals surface area contributed by atoms with E-state index in [0.717, 1.165) is 18.8 Å². The van der Waals surface area contributed by atoms with Gasteiger partial charge < -0.3 is 15.5 Å². The molecule has 3 rings (SSSR count). The minimum atomic E-state index is -0.297. The molecule has 2 N–H and O–H groups in total. The normalized spacial score (nSPS) is 14.1. The maximum Gasteiger partial charge on any atom is 0.255 e. The highest BCUT2D eigenvalue weighted by Gasteiger charge is 2.16. The Labute approximate surface area is 160 Å². The van der Waals surface area contributed by atoms with Gasteiger partial charge in [0.2, 0.25) is 0 Å². The molecular weight excluding hydrogens is 338 g/mol. The van der Waals surface area contributed by atoms with Crippen molar-refractivity contribution >= 4 is 23.2 Å². The molecule has 0 aromatic heterocycles. The van der Waals surface area contributed by atoms with Crippen molar-refractivity contribution in [1.29, 1.82) is 0 Å². The fraction of sp³-hybridized carbons (Fsp3) is 0.364. The number of nitrogens with zero attached hydrogens (tertiary/aromatic N) is 1. The van der Waals surface area contributed by atoms with Crippen LogP contribution in [0.2, 0.25) is 0 Å². The van der Waals surface area contributed by atoms with E-state index in [1.165, 1.54) is 18.5 Å². The first-order valence-electron chi connectivity index (χ1n) is 9.41. The summed E-state index contributed by atoms with van der Waals surface area (Å²) in [6.07, 6.45) is 2.48. The lowest BCUT2D eigenvalue weighted by Crippen LogP contribution is -2.40. The monoisotopic (exact) mass is 365 g/mol. The highest BCUT2D eigenvalue weighted by atomic mass is 16.2. The van der Waals surface area contributed by atoms with E-state index in [1.54, 1.807) is 24.3 Å². The largest absolute Gasteiger partial charge is 0.372 e. The van der Waals surface area contributed by atoms with Gasteiger partial charge in [-0.2, -0.15) is 0 Å². The van der Waals surface area contributed by atoms with Gasteiger partial charge in [0.1, 0.15) is 0 Å². The van der Waals surface area contributed by atoms with Gasteiger partial charge in [0.15, 0.2) is 0 Å². The molecule has 0 atom stereocenters. The molecule has 0 bridgehead atoms. The van der Waals surface area contributed by atoms with E-state index in [1.807, 2.05) is 45.0 Å². The summed E-state index contributed by atoms with van der Waals surface area (Å²) in [6, 6.07) is 14.6. The maximum atomic E-state index is 12.4. The minimum absolute atomic E-state index is 0.146. The third kappa shape index (κ3) is 5.09. The minimum Gasteiger partial charge on any atom is -0.372 e. The summed E-state index contributed by atoms with van der Waals surface area (Å²) in [4.78, 5) is 27.0. The van der Waals surface area contributed by atoms with Gasteiger partial charge in [-0.05, 0) is 82.1 Å². The van der Waals surface area contributed by atoms with Crippen molar-refractivity contribution in [2.75, 3.05) is 23.3 Å². The number of nitrogens with one attached hydrogen (secondary N) is 2. The summed E-state index contributed by atoms with van der Waals surface area (Å²) in [5, 5.41) is 5.81. The number of carbonyl (C=O) groups excluding carboxylic acids is 2. The number of rotatable bonds is 4. The van der Waals surface area contributed by atoms with Crippen molar-refractivity contribution in [3.8, 4) is 0 Å². The van der Waals surface area contributed by atoms with Crippen LogP contribution in [0.1, 0.15) is 54.3 Å². The lowest BCUT2D eigenvalue weighted by Gasteiger charge is -2.20. The Balaban J connectivity index is 1.61. The Morgan fingerprint density at radius 3 is 1.85 bits per heavy atom. The standard InChI is InChI=1S/C22H27N3O2/c1-22(2,3)24-21(27)17-8-6-16(7-9-17)20(26)23-18-10-12-19(13-11-18)25-14-4-5-15-25/h6-13H,4-5,14-15H2,1-3H3,(H,23,26)(H,24,27). The van der Waals surface area contributed by atoms with E-state index in [9.17, 15) is 9.59 Å². The molecule has 2 aromatic carbocycles. The zero-order valence-electron chi connectivity index (χ0n) is 16.2. The fourth-order valence-corrected chi connectivity index (χ4v) is 3.12. The van der Waals surface area contributed by atoms with Gasteiger partial charge in [-0.3, -0.25) is 9.59 Å². The first-order chi connectivity index (χ1) is 12.8. The summed E-state index contributed by atoms with van der Waals surface area (Å²) in [5.74, 6) is -0.335. The van der Waals surface area contributed by atoms with Crippen molar-refractivity contribution in [2.45, 2.75) is 39.2 Å². The molecule has 2 amide bonds. The molecular formula is C22H27N3O2. The molecule has 0 unspecified atom stereocenters. The molecule has 1 saturated heterocycles. The van der Waals surface area contributed by atoms with Crippen molar-refractivity contribution in [3.63, 3.8) is 0 Å². The van der Waals surface area contributed by atoms with Gasteiger partial charge in [0.25, 0.3) is 11.8 Å². The van der Waals surface area contributed by atoms with Crippen molar-refractivity contribution in [3.05, 3.63) is 59.7 Å². The predicted octanol–water partition coefficient (Wildman–Crippen LogP) is 4.07. The molecule has 5 nitrogen and oxygen atoms in total. The number of anilines is 2. The fourth-order valence-electron chi connectivity index (χ4n) is 3.12. The van der Waals surface area contributed by atoms with E-state index >= 15 is 0 Å². The van der Waals surface area contributed by atoms with Crippen LogP contribution in [0.15, 0.2) is 48.5 Å².